The monoisotopic (exact) mass is 339 g/mol. The van der Waals surface area contributed by atoms with E-state index in [4.69, 9.17) is 5.26 Å². The first-order valence-electron chi connectivity index (χ1n) is 9.32. The maximum Gasteiger partial charge on any atom is 0.246 e. The van der Waals surface area contributed by atoms with E-state index in [9.17, 15) is 4.79 Å². The van der Waals surface area contributed by atoms with Crippen LogP contribution < -0.4 is 5.43 Å². The van der Waals surface area contributed by atoms with Crippen molar-refractivity contribution in [2.45, 2.75) is 58.4 Å². The molecule has 0 spiro atoms. The van der Waals surface area contributed by atoms with Gasteiger partial charge in [-0.1, -0.05) is 0 Å². The molecule has 0 atom stereocenters. The van der Waals surface area contributed by atoms with Gasteiger partial charge in [0.05, 0.1) is 36.4 Å². The minimum atomic E-state index is -0.169. The second-order valence-corrected chi connectivity index (χ2v) is 8.24. The summed E-state index contributed by atoms with van der Waals surface area (Å²) in [6, 6.07) is 2.11. The van der Waals surface area contributed by atoms with E-state index in [0.717, 1.165) is 48.3 Å². The molecule has 4 aliphatic rings. The first-order valence-corrected chi connectivity index (χ1v) is 9.32. The van der Waals surface area contributed by atoms with Gasteiger partial charge in [0.2, 0.25) is 5.91 Å². The van der Waals surface area contributed by atoms with Crippen molar-refractivity contribution in [1.82, 2.24) is 15.2 Å². The average Bonchev–Trinajstić information content (AvgIpc) is 2.91. The Morgan fingerprint density at radius 2 is 2.04 bits per heavy atom. The number of nitrogens with one attached hydrogen (secondary N) is 1. The van der Waals surface area contributed by atoms with Crippen LogP contribution in [0.1, 0.15) is 56.2 Å². The topological polar surface area (TPSA) is 83.1 Å². The van der Waals surface area contributed by atoms with Crippen LogP contribution in [0.2, 0.25) is 0 Å². The number of nitrogens with zero attached hydrogens (tertiary/aromatic N) is 4. The van der Waals surface area contributed by atoms with Gasteiger partial charge in [-0.3, -0.25) is 9.48 Å². The van der Waals surface area contributed by atoms with E-state index < -0.39 is 0 Å². The number of carbonyl (C=O) groups is 1. The Labute approximate surface area is 148 Å². The number of hydrogen-bond acceptors (Lipinski definition) is 4. The molecule has 5 rings (SSSR count). The summed E-state index contributed by atoms with van der Waals surface area (Å²) in [6.07, 6.45) is 11.1. The molecule has 0 saturated heterocycles. The standard InChI is InChI=1S/C19H25N5O/c1-13-17(12-24(23-13)4-2-3-20)11-21-22-18(25)19-8-14-5-15(9-19)7-16(6-14)10-19/h11-12,14-16H,2,4-10H2,1H3,(H,22,25)/b21-11-. The summed E-state index contributed by atoms with van der Waals surface area (Å²) in [5, 5.41) is 17.2. The van der Waals surface area contributed by atoms with E-state index in [1.165, 1.54) is 19.3 Å². The highest BCUT2D eigenvalue weighted by atomic mass is 16.2. The molecule has 132 valence electrons. The Morgan fingerprint density at radius 1 is 1.40 bits per heavy atom. The summed E-state index contributed by atoms with van der Waals surface area (Å²) in [6.45, 7) is 2.48. The Balaban J connectivity index is 1.40. The molecule has 25 heavy (non-hydrogen) atoms. The number of nitriles is 1. The van der Waals surface area contributed by atoms with Gasteiger partial charge in [-0.05, 0) is 63.2 Å². The van der Waals surface area contributed by atoms with Crippen molar-refractivity contribution in [1.29, 1.82) is 5.26 Å². The van der Waals surface area contributed by atoms with E-state index in [1.807, 2.05) is 13.1 Å². The lowest BCUT2D eigenvalue weighted by Crippen LogP contribution is -2.52. The number of aromatic nitrogens is 2. The number of amides is 1. The fraction of sp³-hybridized carbons (Fsp3) is 0.684. The zero-order valence-electron chi connectivity index (χ0n) is 14.7. The molecular formula is C19H25N5O. The van der Waals surface area contributed by atoms with Crippen molar-refractivity contribution in [3.63, 3.8) is 0 Å². The van der Waals surface area contributed by atoms with Crippen molar-refractivity contribution in [2.75, 3.05) is 0 Å². The molecule has 0 unspecified atom stereocenters. The summed E-state index contributed by atoms with van der Waals surface area (Å²) in [5.41, 5.74) is 4.37. The molecule has 4 fully saturated rings. The molecule has 4 aliphatic carbocycles. The zero-order valence-corrected chi connectivity index (χ0v) is 14.7. The van der Waals surface area contributed by atoms with E-state index >= 15 is 0 Å². The van der Waals surface area contributed by atoms with Crippen LogP contribution in [0, 0.1) is 41.4 Å². The van der Waals surface area contributed by atoms with Gasteiger partial charge in [-0.15, -0.1) is 0 Å². The highest BCUT2D eigenvalue weighted by molar-refractivity contribution is 5.86. The van der Waals surface area contributed by atoms with Gasteiger partial charge in [-0.2, -0.15) is 15.5 Å². The molecular weight excluding hydrogens is 314 g/mol. The molecule has 0 aromatic carbocycles. The van der Waals surface area contributed by atoms with Gasteiger partial charge in [0.25, 0.3) is 0 Å². The van der Waals surface area contributed by atoms with E-state index in [1.54, 1.807) is 10.9 Å². The molecule has 0 aliphatic heterocycles. The Bertz CT molecular complexity index is 706. The van der Waals surface area contributed by atoms with Crippen molar-refractivity contribution < 1.29 is 4.79 Å². The Hall–Kier alpha value is -2.16. The van der Waals surface area contributed by atoms with Crippen molar-refractivity contribution >= 4 is 12.1 Å². The highest BCUT2D eigenvalue weighted by Crippen LogP contribution is 2.60. The summed E-state index contributed by atoms with van der Waals surface area (Å²) in [7, 11) is 0. The lowest BCUT2D eigenvalue weighted by Gasteiger charge is -2.55. The van der Waals surface area contributed by atoms with Crippen molar-refractivity contribution in [3.05, 3.63) is 17.5 Å². The third kappa shape index (κ3) is 3.08. The number of aryl methyl sites for hydroxylation is 2. The quantitative estimate of drug-likeness (QED) is 0.661. The predicted octanol–water partition coefficient (Wildman–Crippen LogP) is 2.77. The summed E-state index contributed by atoms with van der Waals surface area (Å²) >= 11 is 0. The van der Waals surface area contributed by atoms with Crippen LogP contribution in [-0.4, -0.2) is 21.9 Å². The lowest BCUT2D eigenvalue weighted by molar-refractivity contribution is -0.146. The van der Waals surface area contributed by atoms with Crippen LogP contribution in [-0.2, 0) is 11.3 Å². The van der Waals surface area contributed by atoms with Crippen LogP contribution >= 0.6 is 0 Å². The molecule has 4 saturated carbocycles. The Kier molecular flexibility index (Phi) is 4.10. The third-order valence-electron chi connectivity index (χ3n) is 6.33. The normalized spacial score (nSPS) is 32.9. The minimum absolute atomic E-state index is 0.109. The highest BCUT2D eigenvalue weighted by Gasteiger charge is 2.54. The maximum atomic E-state index is 12.8. The van der Waals surface area contributed by atoms with Gasteiger partial charge in [-0.25, -0.2) is 5.43 Å². The molecule has 0 radical (unpaired) electrons. The van der Waals surface area contributed by atoms with E-state index in [2.05, 4.69) is 21.7 Å². The maximum absolute atomic E-state index is 12.8. The molecule has 1 aromatic rings. The number of rotatable bonds is 5. The second-order valence-electron chi connectivity index (χ2n) is 8.24. The molecule has 1 heterocycles. The second kappa shape index (κ2) is 6.29. The molecule has 6 heteroatoms. The van der Waals surface area contributed by atoms with Crippen LogP contribution in [0.5, 0.6) is 0 Å². The van der Waals surface area contributed by atoms with Gasteiger partial charge in [0.15, 0.2) is 0 Å². The molecule has 1 N–H and O–H groups in total. The van der Waals surface area contributed by atoms with Crippen molar-refractivity contribution in [3.8, 4) is 6.07 Å². The first kappa shape index (κ1) is 16.3. The first-order chi connectivity index (χ1) is 12.1. The van der Waals surface area contributed by atoms with Gasteiger partial charge < -0.3 is 0 Å². The smallest absolute Gasteiger partial charge is 0.246 e. The van der Waals surface area contributed by atoms with Crippen molar-refractivity contribution in [2.24, 2.45) is 28.3 Å². The fourth-order valence-corrected chi connectivity index (χ4v) is 5.61. The average molecular weight is 339 g/mol. The summed E-state index contributed by atoms with van der Waals surface area (Å²) in [4.78, 5) is 12.8. The number of carbonyl (C=O) groups excluding carboxylic acids is 1. The van der Waals surface area contributed by atoms with Gasteiger partial charge in [0, 0.05) is 11.8 Å². The lowest BCUT2D eigenvalue weighted by atomic mass is 9.49. The van der Waals surface area contributed by atoms with Crippen LogP contribution in [0.4, 0.5) is 0 Å². The molecule has 6 nitrogen and oxygen atoms in total. The third-order valence-corrected chi connectivity index (χ3v) is 6.33. The van der Waals surface area contributed by atoms with Crippen LogP contribution in [0.15, 0.2) is 11.3 Å². The van der Waals surface area contributed by atoms with E-state index in [-0.39, 0.29) is 11.3 Å². The van der Waals surface area contributed by atoms with Crippen LogP contribution in [0.25, 0.3) is 0 Å². The SMILES string of the molecule is Cc1nn(CCC#N)cc1/C=N\NC(=O)C12CC3CC(CC(C3)C1)C2. The van der Waals surface area contributed by atoms with Gasteiger partial charge >= 0.3 is 0 Å². The largest absolute Gasteiger partial charge is 0.273 e. The number of hydrazone groups is 1. The molecule has 1 amide bonds. The Morgan fingerprint density at radius 3 is 2.64 bits per heavy atom. The van der Waals surface area contributed by atoms with Gasteiger partial charge in [0.1, 0.15) is 0 Å². The zero-order chi connectivity index (χ0) is 17.4. The molecule has 1 aromatic heterocycles. The molecule has 4 bridgehead atoms. The summed E-state index contributed by atoms with van der Waals surface area (Å²) < 4.78 is 1.75. The van der Waals surface area contributed by atoms with E-state index in [0.29, 0.717) is 13.0 Å². The minimum Gasteiger partial charge on any atom is -0.273 e. The van der Waals surface area contributed by atoms with Crippen LogP contribution in [0.3, 0.4) is 0 Å². The fourth-order valence-electron chi connectivity index (χ4n) is 5.61. The predicted molar refractivity (Wildman–Crippen MR) is 93.5 cm³/mol. The summed E-state index contributed by atoms with van der Waals surface area (Å²) in [5.74, 6) is 2.36. The number of hydrogen-bond donors (Lipinski definition) is 1.